The number of sulfonamides is 1. The van der Waals surface area contributed by atoms with Gasteiger partial charge in [-0.3, -0.25) is 4.68 Å². The standard InChI is InChI=1S/C14H25N3O3S/c1-3-10-14(21(15,19)20)11(4-2)17(16-10)12-8-6-5-7-9-13(12)18/h12-13,18H,3-9H2,1-2H3,(H2,15,19,20). The molecule has 0 aliphatic heterocycles. The molecule has 0 amide bonds. The summed E-state index contributed by atoms with van der Waals surface area (Å²) in [5.41, 5.74) is 1.13. The largest absolute Gasteiger partial charge is 0.391 e. The second-order valence-corrected chi connectivity index (χ2v) is 7.19. The van der Waals surface area contributed by atoms with Crippen LogP contribution in [0.4, 0.5) is 0 Å². The van der Waals surface area contributed by atoms with Crippen molar-refractivity contribution in [3.8, 4) is 0 Å². The number of aliphatic hydroxyl groups excluding tert-OH is 1. The van der Waals surface area contributed by atoms with Gasteiger partial charge in [-0.25, -0.2) is 13.6 Å². The Morgan fingerprint density at radius 2 is 1.90 bits per heavy atom. The lowest BCUT2D eigenvalue weighted by molar-refractivity contribution is 0.0972. The summed E-state index contributed by atoms with van der Waals surface area (Å²) in [6.07, 6.45) is 5.24. The van der Waals surface area contributed by atoms with E-state index in [9.17, 15) is 13.5 Å². The van der Waals surface area contributed by atoms with Crippen LogP contribution >= 0.6 is 0 Å². The molecule has 0 spiro atoms. The van der Waals surface area contributed by atoms with E-state index in [2.05, 4.69) is 5.10 Å². The third-order valence-corrected chi connectivity index (χ3v) is 5.28. The zero-order chi connectivity index (χ0) is 15.6. The second-order valence-electron chi connectivity index (χ2n) is 5.69. The Balaban J connectivity index is 2.55. The number of aliphatic hydroxyl groups is 1. The van der Waals surface area contributed by atoms with Gasteiger partial charge in [-0.15, -0.1) is 0 Å². The third-order valence-electron chi connectivity index (χ3n) is 4.24. The molecule has 21 heavy (non-hydrogen) atoms. The van der Waals surface area contributed by atoms with Gasteiger partial charge in [-0.05, 0) is 25.7 Å². The summed E-state index contributed by atoms with van der Waals surface area (Å²) in [6, 6.07) is -0.150. The van der Waals surface area contributed by atoms with Crippen LogP contribution in [0.15, 0.2) is 4.90 Å². The average Bonchev–Trinajstić information content (AvgIpc) is 2.68. The predicted octanol–water partition coefficient (Wildman–Crippen LogP) is 1.52. The summed E-state index contributed by atoms with van der Waals surface area (Å²) in [4.78, 5) is 0.156. The molecule has 6 nitrogen and oxygen atoms in total. The molecule has 1 fully saturated rings. The molecule has 0 aromatic carbocycles. The highest BCUT2D eigenvalue weighted by atomic mass is 32.2. The molecule has 0 radical (unpaired) electrons. The maximum Gasteiger partial charge on any atom is 0.241 e. The van der Waals surface area contributed by atoms with E-state index in [1.165, 1.54) is 0 Å². The fourth-order valence-corrected chi connectivity index (χ4v) is 4.30. The summed E-state index contributed by atoms with van der Waals surface area (Å²) in [6.45, 7) is 3.76. The zero-order valence-corrected chi connectivity index (χ0v) is 13.6. The minimum absolute atomic E-state index is 0.150. The Morgan fingerprint density at radius 1 is 1.24 bits per heavy atom. The highest BCUT2D eigenvalue weighted by Crippen LogP contribution is 2.31. The van der Waals surface area contributed by atoms with E-state index in [-0.39, 0.29) is 10.9 Å². The Bertz CT molecular complexity index is 595. The van der Waals surface area contributed by atoms with Crippen LogP contribution in [-0.4, -0.2) is 29.4 Å². The van der Waals surface area contributed by atoms with E-state index in [4.69, 9.17) is 5.14 Å². The van der Waals surface area contributed by atoms with Crippen molar-refractivity contribution in [3.05, 3.63) is 11.4 Å². The molecular formula is C14H25N3O3S. The first kappa shape index (κ1) is 16.5. The van der Waals surface area contributed by atoms with Crippen LogP contribution in [0.5, 0.6) is 0 Å². The van der Waals surface area contributed by atoms with Crippen LogP contribution in [0.3, 0.4) is 0 Å². The first-order valence-electron chi connectivity index (χ1n) is 7.71. The lowest BCUT2D eigenvalue weighted by Gasteiger charge is -2.23. The Hall–Kier alpha value is -0.920. The van der Waals surface area contributed by atoms with Crippen LogP contribution in [0.2, 0.25) is 0 Å². The molecule has 0 saturated heterocycles. The molecule has 3 N–H and O–H groups in total. The van der Waals surface area contributed by atoms with Gasteiger partial charge in [-0.2, -0.15) is 5.10 Å². The molecule has 7 heteroatoms. The fourth-order valence-electron chi connectivity index (χ4n) is 3.22. The molecule has 2 rings (SSSR count). The van der Waals surface area contributed by atoms with Gasteiger partial charge in [0.15, 0.2) is 0 Å². The molecule has 1 aliphatic carbocycles. The lowest BCUT2D eigenvalue weighted by atomic mass is 10.1. The van der Waals surface area contributed by atoms with Crippen molar-refractivity contribution in [1.82, 2.24) is 9.78 Å². The summed E-state index contributed by atoms with van der Waals surface area (Å²) >= 11 is 0. The van der Waals surface area contributed by atoms with Crippen LogP contribution in [-0.2, 0) is 22.9 Å². The molecule has 1 aromatic rings. The maximum atomic E-state index is 11.9. The van der Waals surface area contributed by atoms with Gasteiger partial charge in [0.2, 0.25) is 10.0 Å². The van der Waals surface area contributed by atoms with Crippen molar-refractivity contribution in [2.24, 2.45) is 5.14 Å². The van der Waals surface area contributed by atoms with E-state index >= 15 is 0 Å². The van der Waals surface area contributed by atoms with Gasteiger partial charge >= 0.3 is 0 Å². The van der Waals surface area contributed by atoms with Crippen LogP contribution in [0.25, 0.3) is 0 Å². The molecule has 2 atom stereocenters. The molecule has 1 aromatic heterocycles. The molecule has 1 heterocycles. The van der Waals surface area contributed by atoms with E-state index < -0.39 is 16.1 Å². The topological polar surface area (TPSA) is 98.2 Å². The van der Waals surface area contributed by atoms with Crippen molar-refractivity contribution < 1.29 is 13.5 Å². The van der Waals surface area contributed by atoms with E-state index in [1.54, 1.807) is 4.68 Å². The maximum absolute atomic E-state index is 11.9. The molecule has 2 unspecified atom stereocenters. The van der Waals surface area contributed by atoms with Gasteiger partial charge < -0.3 is 5.11 Å². The summed E-state index contributed by atoms with van der Waals surface area (Å²) in [7, 11) is -3.80. The van der Waals surface area contributed by atoms with Crippen molar-refractivity contribution in [1.29, 1.82) is 0 Å². The lowest BCUT2D eigenvalue weighted by Crippen LogP contribution is -2.26. The molecule has 120 valence electrons. The van der Waals surface area contributed by atoms with E-state index in [0.717, 1.165) is 32.1 Å². The number of hydrogen-bond donors (Lipinski definition) is 2. The summed E-state index contributed by atoms with van der Waals surface area (Å²) < 4.78 is 25.5. The van der Waals surface area contributed by atoms with E-state index in [0.29, 0.717) is 24.2 Å². The zero-order valence-electron chi connectivity index (χ0n) is 12.7. The number of aromatic nitrogens is 2. The third kappa shape index (κ3) is 3.30. The van der Waals surface area contributed by atoms with Crippen molar-refractivity contribution >= 4 is 10.0 Å². The SMILES string of the molecule is CCc1nn(C2CCCCCC2O)c(CC)c1S(N)(=O)=O. The summed E-state index contributed by atoms with van der Waals surface area (Å²) in [5, 5.41) is 20.2. The van der Waals surface area contributed by atoms with Crippen LogP contribution in [0.1, 0.15) is 63.4 Å². The number of primary sulfonamides is 1. The second kappa shape index (κ2) is 6.46. The van der Waals surface area contributed by atoms with Crippen LogP contribution < -0.4 is 5.14 Å². The first-order chi connectivity index (χ1) is 9.90. The smallest absolute Gasteiger partial charge is 0.241 e. The van der Waals surface area contributed by atoms with E-state index in [1.807, 2.05) is 13.8 Å². The monoisotopic (exact) mass is 315 g/mol. The van der Waals surface area contributed by atoms with Crippen LogP contribution in [0, 0.1) is 0 Å². The van der Waals surface area contributed by atoms with Gasteiger partial charge in [0, 0.05) is 0 Å². The first-order valence-corrected chi connectivity index (χ1v) is 9.25. The molecule has 1 aliphatic rings. The van der Waals surface area contributed by atoms with Crippen molar-refractivity contribution in [3.63, 3.8) is 0 Å². The molecule has 0 bridgehead atoms. The van der Waals surface area contributed by atoms with Crippen molar-refractivity contribution in [2.75, 3.05) is 0 Å². The van der Waals surface area contributed by atoms with Gasteiger partial charge in [-0.1, -0.05) is 33.1 Å². The number of hydrogen-bond acceptors (Lipinski definition) is 4. The van der Waals surface area contributed by atoms with Gasteiger partial charge in [0.05, 0.1) is 23.5 Å². The quantitative estimate of drug-likeness (QED) is 0.823. The number of aryl methyl sites for hydroxylation is 1. The van der Waals surface area contributed by atoms with Crippen molar-refractivity contribution in [2.45, 2.75) is 75.8 Å². The Labute approximate surface area is 126 Å². The number of nitrogens with zero attached hydrogens (tertiary/aromatic N) is 2. The number of rotatable bonds is 4. The normalized spacial score (nSPS) is 24.0. The Morgan fingerprint density at radius 3 is 2.48 bits per heavy atom. The minimum atomic E-state index is -3.80. The molecule has 1 saturated carbocycles. The number of nitrogens with two attached hydrogens (primary N) is 1. The van der Waals surface area contributed by atoms with Gasteiger partial charge in [0.25, 0.3) is 0 Å². The predicted molar refractivity (Wildman–Crippen MR) is 80.5 cm³/mol. The Kier molecular flexibility index (Phi) is 5.06. The minimum Gasteiger partial charge on any atom is -0.391 e. The highest BCUT2D eigenvalue weighted by molar-refractivity contribution is 7.89. The highest BCUT2D eigenvalue weighted by Gasteiger charge is 2.31. The fraction of sp³-hybridized carbons (Fsp3) is 0.786. The summed E-state index contributed by atoms with van der Waals surface area (Å²) in [5.74, 6) is 0. The molecular weight excluding hydrogens is 290 g/mol. The average molecular weight is 315 g/mol. The van der Waals surface area contributed by atoms with Gasteiger partial charge in [0.1, 0.15) is 4.90 Å².